The molecule has 0 saturated heterocycles. The van der Waals surface area contributed by atoms with Crippen LogP contribution in [-0.2, 0) is 9.59 Å². The highest BCUT2D eigenvalue weighted by atomic mass is 16.3. The van der Waals surface area contributed by atoms with Crippen LogP contribution in [-0.4, -0.2) is 22.8 Å². The molecule has 0 spiro atoms. The number of fused-ring (bicyclic) bond motifs is 5. The van der Waals surface area contributed by atoms with Gasteiger partial charge >= 0.3 is 0 Å². The summed E-state index contributed by atoms with van der Waals surface area (Å²) in [6.07, 6.45) is 9.14. The first-order chi connectivity index (χ1) is 10.4. The van der Waals surface area contributed by atoms with Crippen molar-refractivity contribution in [2.24, 2.45) is 28.6 Å². The maximum Gasteiger partial charge on any atom is 0.178 e. The number of carbonyl (C=O) groups excluding carboxylic acids is 2. The van der Waals surface area contributed by atoms with Crippen LogP contribution in [0.3, 0.4) is 0 Å². The van der Waals surface area contributed by atoms with Crippen molar-refractivity contribution in [2.75, 3.05) is 0 Å². The monoisotopic (exact) mass is 300 g/mol. The molecule has 0 bridgehead atoms. The molecule has 0 radical (unpaired) electrons. The normalized spacial score (nSPS) is 50.2. The summed E-state index contributed by atoms with van der Waals surface area (Å²) in [5, 5.41) is 10.9. The number of hydrogen-bond donors (Lipinski definition) is 1. The molecular weight excluding hydrogens is 276 g/mol. The van der Waals surface area contributed by atoms with Gasteiger partial charge in [0.2, 0.25) is 0 Å². The largest absolute Gasteiger partial charge is 0.393 e. The Hall–Kier alpha value is -1.22. The zero-order chi connectivity index (χ0) is 15.7. The molecule has 3 nitrogen and oxygen atoms in total. The second kappa shape index (κ2) is 4.41. The molecule has 0 heterocycles. The number of aliphatic hydroxyl groups is 1. The van der Waals surface area contributed by atoms with Crippen LogP contribution in [0.5, 0.6) is 0 Å². The van der Waals surface area contributed by atoms with E-state index in [1.165, 1.54) is 5.57 Å². The van der Waals surface area contributed by atoms with E-state index in [4.69, 9.17) is 0 Å². The van der Waals surface area contributed by atoms with Crippen LogP contribution in [0.2, 0.25) is 0 Å². The molecule has 118 valence electrons. The van der Waals surface area contributed by atoms with Crippen molar-refractivity contribution in [2.45, 2.75) is 52.1 Å². The summed E-state index contributed by atoms with van der Waals surface area (Å²) in [6.45, 7) is 4.24. The zero-order valence-corrected chi connectivity index (χ0v) is 13.3. The first kappa shape index (κ1) is 14.4. The van der Waals surface area contributed by atoms with E-state index in [-0.39, 0.29) is 22.5 Å². The Balaban J connectivity index is 1.77. The zero-order valence-electron chi connectivity index (χ0n) is 13.3. The first-order valence-electron chi connectivity index (χ1n) is 8.52. The minimum absolute atomic E-state index is 0.0668. The smallest absolute Gasteiger partial charge is 0.178 e. The van der Waals surface area contributed by atoms with Crippen LogP contribution < -0.4 is 0 Å². The molecule has 3 saturated carbocycles. The quantitative estimate of drug-likeness (QED) is 0.748. The highest BCUT2D eigenvalue weighted by molar-refractivity contribution is 6.01. The average Bonchev–Trinajstić information content (AvgIpc) is 2.75. The fourth-order valence-corrected chi connectivity index (χ4v) is 6.10. The maximum atomic E-state index is 12.4. The molecule has 0 aromatic rings. The summed E-state index contributed by atoms with van der Waals surface area (Å²) < 4.78 is 0. The third-order valence-corrected chi connectivity index (χ3v) is 7.21. The topological polar surface area (TPSA) is 54.4 Å². The Morgan fingerprint density at radius 1 is 1.18 bits per heavy atom. The fraction of sp³-hybridized carbons (Fsp3) is 0.684. The molecule has 0 aliphatic heterocycles. The minimum Gasteiger partial charge on any atom is -0.393 e. The van der Waals surface area contributed by atoms with Crippen LogP contribution in [0.15, 0.2) is 23.8 Å². The highest BCUT2D eigenvalue weighted by Crippen LogP contribution is 2.63. The lowest BCUT2D eigenvalue weighted by atomic mass is 9.47. The predicted molar refractivity (Wildman–Crippen MR) is 83.0 cm³/mol. The Bertz CT molecular complexity index is 616. The lowest BCUT2D eigenvalue weighted by Gasteiger charge is -2.57. The molecule has 3 heteroatoms. The standard InChI is InChI=1S/C19H24O3/c1-18-8-7-12(20)9-11(18)3-4-13-14-5-6-16(22)19(14,2)10-15(21)17(13)18/h7-9,13-15,17,21H,3-6,10H2,1-2H3/t13?,14?,15?,17?,18-,19-/m0/s1. The summed E-state index contributed by atoms with van der Waals surface area (Å²) in [5.41, 5.74) is 0.628. The lowest BCUT2D eigenvalue weighted by Crippen LogP contribution is -2.55. The number of Topliss-reactive ketones (excluding diaryl/α,β-unsaturated/α-hetero) is 1. The minimum atomic E-state index is -0.458. The van der Waals surface area contributed by atoms with Gasteiger partial charge in [0.05, 0.1) is 6.10 Å². The first-order valence-corrected chi connectivity index (χ1v) is 8.52. The van der Waals surface area contributed by atoms with Gasteiger partial charge in [0.1, 0.15) is 5.78 Å². The Kier molecular flexibility index (Phi) is 2.88. The van der Waals surface area contributed by atoms with Crippen molar-refractivity contribution >= 4 is 11.6 Å². The van der Waals surface area contributed by atoms with Crippen LogP contribution in [0.4, 0.5) is 0 Å². The van der Waals surface area contributed by atoms with Crippen LogP contribution in [0, 0.1) is 28.6 Å². The fourth-order valence-electron chi connectivity index (χ4n) is 6.10. The Morgan fingerprint density at radius 2 is 1.95 bits per heavy atom. The Labute approximate surface area is 131 Å². The molecule has 4 aliphatic rings. The van der Waals surface area contributed by atoms with Crippen molar-refractivity contribution in [1.29, 1.82) is 0 Å². The molecule has 0 aromatic carbocycles. The van der Waals surface area contributed by atoms with E-state index in [9.17, 15) is 14.7 Å². The van der Waals surface area contributed by atoms with E-state index >= 15 is 0 Å². The van der Waals surface area contributed by atoms with Crippen molar-refractivity contribution in [1.82, 2.24) is 0 Å². The van der Waals surface area contributed by atoms with Crippen molar-refractivity contribution in [3.05, 3.63) is 23.8 Å². The number of rotatable bonds is 0. The molecule has 4 unspecified atom stereocenters. The number of hydrogen-bond acceptors (Lipinski definition) is 3. The van der Waals surface area contributed by atoms with Crippen LogP contribution in [0.1, 0.15) is 46.0 Å². The predicted octanol–water partition coefficient (Wildman–Crippen LogP) is 2.83. The summed E-state index contributed by atoms with van der Waals surface area (Å²) in [4.78, 5) is 24.1. The second-order valence-corrected chi connectivity index (χ2v) is 8.17. The van der Waals surface area contributed by atoms with Crippen molar-refractivity contribution < 1.29 is 14.7 Å². The molecule has 4 rings (SSSR count). The summed E-state index contributed by atoms with van der Waals surface area (Å²) in [7, 11) is 0. The number of aliphatic hydroxyl groups excluding tert-OH is 1. The van der Waals surface area contributed by atoms with Gasteiger partial charge in [0.15, 0.2) is 5.78 Å². The third-order valence-electron chi connectivity index (χ3n) is 7.21. The molecule has 4 aliphatic carbocycles. The second-order valence-electron chi connectivity index (χ2n) is 8.17. The van der Waals surface area contributed by atoms with Gasteiger partial charge in [-0.05, 0) is 49.7 Å². The van der Waals surface area contributed by atoms with Gasteiger partial charge in [-0.15, -0.1) is 0 Å². The van der Waals surface area contributed by atoms with Crippen LogP contribution >= 0.6 is 0 Å². The highest BCUT2D eigenvalue weighted by Gasteiger charge is 2.61. The van der Waals surface area contributed by atoms with E-state index in [0.717, 1.165) is 19.3 Å². The van der Waals surface area contributed by atoms with Gasteiger partial charge in [-0.25, -0.2) is 0 Å². The van der Waals surface area contributed by atoms with Gasteiger partial charge < -0.3 is 5.11 Å². The molecular formula is C19H24O3. The van der Waals surface area contributed by atoms with Gasteiger partial charge in [-0.1, -0.05) is 25.5 Å². The summed E-state index contributed by atoms with van der Waals surface area (Å²) in [6, 6.07) is 0. The van der Waals surface area contributed by atoms with E-state index < -0.39 is 6.10 Å². The number of allylic oxidation sites excluding steroid dienone is 4. The SMILES string of the molecule is C[C@]12C=CC(=O)C=C1CCC1C2C(O)C[C@]2(C)C(=O)CCC12. The molecule has 0 aromatic heterocycles. The van der Waals surface area contributed by atoms with Gasteiger partial charge in [0.25, 0.3) is 0 Å². The molecule has 6 atom stereocenters. The molecule has 22 heavy (non-hydrogen) atoms. The van der Waals surface area contributed by atoms with Crippen molar-refractivity contribution in [3.63, 3.8) is 0 Å². The van der Waals surface area contributed by atoms with Gasteiger partial charge in [-0.2, -0.15) is 0 Å². The van der Waals surface area contributed by atoms with E-state index in [2.05, 4.69) is 13.8 Å². The lowest BCUT2D eigenvalue weighted by molar-refractivity contribution is -0.142. The average molecular weight is 300 g/mol. The van der Waals surface area contributed by atoms with E-state index in [0.29, 0.717) is 30.5 Å². The molecule has 3 fully saturated rings. The molecule has 0 amide bonds. The van der Waals surface area contributed by atoms with Crippen molar-refractivity contribution in [3.8, 4) is 0 Å². The third kappa shape index (κ3) is 1.66. The van der Waals surface area contributed by atoms with Gasteiger partial charge in [-0.3, -0.25) is 9.59 Å². The molecule has 1 N–H and O–H groups in total. The van der Waals surface area contributed by atoms with Gasteiger partial charge in [0, 0.05) is 23.2 Å². The van der Waals surface area contributed by atoms with E-state index in [1.54, 1.807) is 12.2 Å². The van der Waals surface area contributed by atoms with E-state index in [1.807, 2.05) is 6.08 Å². The number of ketones is 2. The maximum absolute atomic E-state index is 12.4. The number of carbonyl (C=O) groups is 2. The summed E-state index contributed by atoms with van der Waals surface area (Å²) >= 11 is 0. The van der Waals surface area contributed by atoms with Crippen LogP contribution in [0.25, 0.3) is 0 Å². The summed E-state index contributed by atoms with van der Waals surface area (Å²) in [5.74, 6) is 1.34. The Morgan fingerprint density at radius 3 is 2.73 bits per heavy atom.